The van der Waals surface area contributed by atoms with Gasteiger partial charge in [0, 0.05) is 142 Å². The second-order valence-corrected chi connectivity index (χ2v) is 45.2. The number of hydrogen-bond acceptors (Lipinski definition) is 22. The average molecular weight is 1800 g/mol. The summed E-state index contributed by atoms with van der Waals surface area (Å²) in [5, 5.41) is 48.8. The molecule has 14 aromatic rings. The fourth-order valence-electron chi connectivity index (χ4n) is 9.03. The summed E-state index contributed by atoms with van der Waals surface area (Å²) in [7, 11) is 0. The Labute approximate surface area is 778 Å². The largest absolute Gasteiger partial charge is 0.349 e. The minimum Gasteiger partial charge on any atom is -0.349 e. The van der Waals surface area contributed by atoms with Gasteiger partial charge in [0.2, 0.25) is 6.39 Å². The average Bonchev–Trinajstić information content (AvgIpc) is 1.81. The van der Waals surface area contributed by atoms with Gasteiger partial charge in [-0.1, -0.05) is 147 Å². The highest BCUT2D eigenvalue weighted by Gasteiger charge is 2.22. The van der Waals surface area contributed by atoms with E-state index in [2.05, 4.69) is 406 Å². The smallest absolute Gasteiger partial charge is 0.213 e. The molecule has 0 aliphatic heterocycles. The lowest BCUT2D eigenvalue weighted by atomic mass is 9.88. The monoisotopic (exact) mass is 1790 g/mol. The maximum absolute atomic E-state index is 4.58. The van der Waals surface area contributed by atoms with Gasteiger partial charge in [0.25, 0.3) is 0 Å². The predicted octanol–water partition coefficient (Wildman–Crippen LogP) is 22.7. The summed E-state index contributed by atoms with van der Waals surface area (Å²) in [6.45, 7) is 89.3. The number of aromatic nitrogens is 29. The molecule has 0 atom stereocenters. The Morgan fingerprint density at radius 1 is 0.310 bits per heavy atom. The molecule has 129 heavy (non-hydrogen) atoms. The number of hydrogen-bond donors (Lipinski definition) is 1. The highest BCUT2D eigenvalue weighted by molar-refractivity contribution is 7.09. The standard InChI is InChI=1S/3C9H13N.C8H13N.3C7H12N2.C7H11NS.4C6H11N3.C6H10N2O.C5H10N4/c1-9(2,3)8-4-6-10-7-5-8;1-9(2,3)8-5-4-6-10-7-8;1-9(2,3)8-6-4-5-7-10-8;1-8(2,3)9-6-4-5-7-9;1-7(2,3)6-4-8-5-9-6;1-7(2,3)9-5-4-8-6-9;1-7(2,3)9-6-4-5-8-9;1-7(2,3)6-8-4-5-9-6;1-6(2,3)9-4-7-8-5-9;1-6(2,3)9-5-7-4-8-9;1-6(2,3)9-5-4-7-8-9;1-6(2,3)9-7-4-5-8-9;1-6(2,3)5-7-4-9-8-5;1-5(2,3)9-4-6-7-8-9/h3*4-7H,1-3H3;4-7H,1-3H3;4-5H,1-3H3,(H,8,9);2*4-6H,1-3H3;5*4-5H,1-3H3;2*4H,1-3H3. The lowest BCUT2D eigenvalue weighted by molar-refractivity contribution is 0.312. The lowest BCUT2D eigenvalue weighted by Crippen LogP contribution is -2.24. The zero-order valence-corrected chi connectivity index (χ0v) is 87.4. The van der Waals surface area contributed by atoms with E-state index >= 15 is 0 Å². The van der Waals surface area contributed by atoms with Crippen LogP contribution >= 0.6 is 11.3 Å². The van der Waals surface area contributed by atoms with Crippen LogP contribution in [-0.2, 0) is 76.8 Å². The highest BCUT2D eigenvalue weighted by atomic mass is 32.1. The number of aromatic amines is 1. The molecule has 0 aromatic carbocycles. The van der Waals surface area contributed by atoms with Gasteiger partial charge >= 0.3 is 0 Å². The number of H-pyrrole nitrogens is 1. The zero-order chi connectivity index (χ0) is 98.8. The number of thiazole rings is 1. The Bertz CT molecular complexity index is 3930. The van der Waals surface area contributed by atoms with Crippen molar-refractivity contribution in [2.24, 2.45) is 0 Å². The molecule has 712 valence electrons. The summed E-state index contributed by atoms with van der Waals surface area (Å²) in [5.74, 6) is 0.752. The maximum atomic E-state index is 4.58. The van der Waals surface area contributed by atoms with Crippen molar-refractivity contribution in [3.8, 4) is 0 Å². The number of nitrogens with zero attached hydrogens (tertiary/aromatic N) is 28. The third kappa shape index (κ3) is 50.9. The Hall–Kier alpha value is -11.2. The first-order chi connectivity index (χ1) is 59.0. The first kappa shape index (κ1) is 116. The van der Waals surface area contributed by atoms with Crippen molar-refractivity contribution in [3.63, 3.8) is 0 Å². The van der Waals surface area contributed by atoms with E-state index in [0.29, 0.717) is 0 Å². The Morgan fingerprint density at radius 3 is 1.12 bits per heavy atom. The van der Waals surface area contributed by atoms with Crippen LogP contribution in [0.15, 0.2) is 227 Å². The van der Waals surface area contributed by atoms with Crippen molar-refractivity contribution in [2.75, 3.05) is 0 Å². The number of imidazole rings is 2. The molecule has 0 amide bonds. The van der Waals surface area contributed by atoms with Crippen molar-refractivity contribution < 1.29 is 4.52 Å². The van der Waals surface area contributed by atoms with Crippen LogP contribution in [0, 0.1) is 0 Å². The van der Waals surface area contributed by atoms with E-state index in [-0.39, 0.29) is 76.8 Å². The Balaban J connectivity index is 0.000000695. The summed E-state index contributed by atoms with van der Waals surface area (Å²) < 4.78 is 18.1. The molecular formula is C98H163N29OS. The van der Waals surface area contributed by atoms with Gasteiger partial charge in [0.15, 0.2) is 5.82 Å². The number of pyridine rings is 3. The Morgan fingerprint density at radius 2 is 0.876 bits per heavy atom. The van der Waals surface area contributed by atoms with Gasteiger partial charge in [-0.25, -0.2) is 34.0 Å². The van der Waals surface area contributed by atoms with Crippen LogP contribution in [0.25, 0.3) is 0 Å². The van der Waals surface area contributed by atoms with Gasteiger partial charge in [0.1, 0.15) is 31.6 Å². The first-order valence-electron chi connectivity index (χ1n) is 43.6. The summed E-state index contributed by atoms with van der Waals surface area (Å²) >= 11 is 1.72. The maximum Gasteiger partial charge on any atom is 0.213 e. The molecule has 1 N–H and O–H groups in total. The lowest BCUT2D eigenvalue weighted by Gasteiger charge is -2.20. The molecule has 14 heterocycles. The quantitative estimate of drug-likeness (QED) is 0.147. The third-order valence-corrected chi connectivity index (χ3v) is 18.4. The minimum absolute atomic E-state index is 0.00347. The van der Waals surface area contributed by atoms with Gasteiger partial charge < -0.3 is 23.2 Å². The molecule has 0 unspecified atom stereocenters. The SMILES string of the molecule is CC(C)(C)c1ccccn1.CC(C)(C)c1cccnc1.CC(C)(C)c1ccncc1.CC(C)(C)c1cnc[nH]1.CC(C)(C)c1nccs1.CC(C)(C)c1ncon1.CC(C)(C)n1cccc1.CC(C)(C)n1cccn1.CC(C)(C)n1ccnc1.CC(C)(C)n1ccnn1.CC(C)(C)n1cncn1.CC(C)(C)n1cnnc1.CC(C)(C)n1cnnn1.CC(C)(C)n1nccn1. The van der Waals surface area contributed by atoms with Crippen LogP contribution in [0.3, 0.4) is 0 Å². The molecule has 0 saturated carbocycles. The van der Waals surface area contributed by atoms with Crippen molar-refractivity contribution >= 4 is 11.3 Å². The van der Waals surface area contributed by atoms with Gasteiger partial charge in [-0.05, 0) is 247 Å². The fraction of sp³-hybridized carbons (Fsp3) is 0.571. The highest BCUT2D eigenvalue weighted by Crippen LogP contribution is 2.26. The first-order valence-corrected chi connectivity index (χ1v) is 44.5. The molecule has 0 saturated heterocycles. The molecule has 0 fully saturated rings. The van der Waals surface area contributed by atoms with Crippen LogP contribution in [0.2, 0.25) is 0 Å². The molecule has 31 heteroatoms. The van der Waals surface area contributed by atoms with Crippen LogP contribution < -0.4 is 0 Å². The summed E-state index contributed by atoms with van der Waals surface area (Å²) in [6.07, 6.45) is 44.8. The summed E-state index contributed by atoms with van der Waals surface area (Å²) in [6, 6.07) is 20.2. The predicted molar refractivity (Wildman–Crippen MR) is 527 cm³/mol. The second kappa shape index (κ2) is 51.8. The van der Waals surface area contributed by atoms with Crippen LogP contribution in [0.5, 0.6) is 0 Å². The van der Waals surface area contributed by atoms with Crippen molar-refractivity contribution in [2.45, 2.75) is 368 Å². The molecule has 0 spiro atoms. The van der Waals surface area contributed by atoms with Crippen molar-refractivity contribution in [1.29, 1.82) is 0 Å². The number of nitrogens with one attached hydrogen (secondary N) is 1. The molecular weight excluding hydrogens is 1630 g/mol. The van der Waals surface area contributed by atoms with Gasteiger partial charge in [-0.2, -0.15) is 30.2 Å². The van der Waals surface area contributed by atoms with E-state index in [1.54, 1.807) is 96.0 Å². The van der Waals surface area contributed by atoms with E-state index in [1.165, 1.54) is 28.2 Å². The topological polar surface area (TPSA) is 326 Å². The molecule has 0 bridgehead atoms. The van der Waals surface area contributed by atoms with Crippen LogP contribution in [0.4, 0.5) is 0 Å². The van der Waals surface area contributed by atoms with Gasteiger partial charge in [0.05, 0.1) is 63.9 Å². The van der Waals surface area contributed by atoms with E-state index in [9.17, 15) is 0 Å². The van der Waals surface area contributed by atoms with E-state index in [4.69, 9.17) is 0 Å². The van der Waals surface area contributed by atoms with Gasteiger partial charge in [-0.15, -0.1) is 31.7 Å². The van der Waals surface area contributed by atoms with E-state index in [1.807, 2.05) is 164 Å². The molecule has 14 rings (SSSR count). The van der Waals surface area contributed by atoms with Gasteiger partial charge in [-0.3, -0.25) is 19.6 Å². The molecule has 30 nitrogen and oxygen atoms in total. The molecule has 0 aliphatic rings. The van der Waals surface area contributed by atoms with Crippen molar-refractivity contribution in [3.05, 3.63) is 255 Å². The molecule has 14 aromatic heterocycles. The zero-order valence-electron chi connectivity index (χ0n) is 86.6. The molecule has 0 aliphatic carbocycles. The minimum atomic E-state index is 0.00347. The number of rotatable bonds is 0. The third-order valence-electron chi connectivity index (χ3n) is 17.2. The summed E-state index contributed by atoms with van der Waals surface area (Å²) in [4.78, 5) is 36.9. The van der Waals surface area contributed by atoms with E-state index < -0.39 is 0 Å². The fourth-order valence-corrected chi connectivity index (χ4v) is 9.75. The summed E-state index contributed by atoms with van der Waals surface area (Å²) in [5.41, 5.74) is 6.87. The second-order valence-electron chi connectivity index (χ2n) is 44.3. The van der Waals surface area contributed by atoms with Crippen LogP contribution in [0.1, 0.15) is 324 Å². The Kier molecular flexibility index (Phi) is 46.5. The van der Waals surface area contributed by atoms with E-state index in [0.717, 1.165) is 11.5 Å². The normalized spacial score (nSPS) is 11.8. The van der Waals surface area contributed by atoms with Crippen LogP contribution in [-0.4, -0.2) is 144 Å². The number of tetrazole rings is 1. The molecule has 0 radical (unpaired) electrons. The van der Waals surface area contributed by atoms with Crippen molar-refractivity contribution in [1.82, 2.24) is 144 Å².